The smallest absolute Gasteiger partial charge is 0.416 e. The van der Waals surface area contributed by atoms with Gasteiger partial charge in [-0.3, -0.25) is 0 Å². The Bertz CT molecular complexity index is 835. The van der Waals surface area contributed by atoms with E-state index in [2.05, 4.69) is 11.9 Å². The van der Waals surface area contributed by atoms with E-state index in [1.807, 2.05) is 24.3 Å². The Labute approximate surface area is 169 Å². The monoisotopic (exact) mass is 405 g/mol. The minimum absolute atomic E-state index is 0.00424. The summed E-state index contributed by atoms with van der Waals surface area (Å²) in [5, 5.41) is 3.33. The molecular weight excluding hydrogens is 379 g/mol. The number of hydrogen-bond donors (Lipinski definition) is 1. The number of nitrogens with one attached hydrogen (secondary N) is 1. The van der Waals surface area contributed by atoms with Gasteiger partial charge < -0.3 is 14.8 Å². The van der Waals surface area contributed by atoms with E-state index in [9.17, 15) is 13.2 Å². The van der Waals surface area contributed by atoms with Gasteiger partial charge in [-0.2, -0.15) is 13.2 Å². The van der Waals surface area contributed by atoms with Crippen LogP contribution in [0.5, 0.6) is 11.5 Å². The molecule has 0 radical (unpaired) electrons. The van der Waals surface area contributed by atoms with Crippen LogP contribution >= 0.6 is 0 Å². The van der Waals surface area contributed by atoms with E-state index in [1.165, 1.54) is 12.1 Å². The summed E-state index contributed by atoms with van der Waals surface area (Å²) in [6.07, 6.45) is -1.01. The van der Waals surface area contributed by atoms with Crippen molar-refractivity contribution in [3.05, 3.63) is 71.8 Å². The maximum Gasteiger partial charge on any atom is 0.416 e. The van der Waals surface area contributed by atoms with E-state index < -0.39 is 11.7 Å². The van der Waals surface area contributed by atoms with Gasteiger partial charge in [0.2, 0.25) is 0 Å². The molecule has 0 aliphatic carbocycles. The first kappa shape index (κ1) is 21.2. The summed E-state index contributed by atoms with van der Waals surface area (Å²) < 4.78 is 50.8. The van der Waals surface area contributed by atoms with E-state index in [4.69, 9.17) is 9.47 Å². The standard InChI is InChI=1S/C23H26F3NO2/c1-3-5-16-8-9-21(22(12-16)28-2)29-15-18-14-27-11-10-20(18)17-6-4-7-19(13-17)23(24,25)26/h3-4,6-9,12-13,18,20,27H,1,5,10-11,14-15H2,2H3. The predicted molar refractivity (Wildman–Crippen MR) is 108 cm³/mol. The molecule has 0 bridgehead atoms. The lowest BCUT2D eigenvalue weighted by Gasteiger charge is -2.33. The second kappa shape index (κ2) is 9.35. The Balaban J connectivity index is 1.75. The molecule has 156 valence electrons. The van der Waals surface area contributed by atoms with Crippen LogP contribution in [0.1, 0.15) is 29.0 Å². The Morgan fingerprint density at radius 2 is 2.00 bits per heavy atom. The van der Waals surface area contributed by atoms with Crippen molar-refractivity contribution in [1.29, 1.82) is 0 Å². The second-order valence-electron chi connectivity index (χ2n) is 7.27. The molecule has 29 heavy (non-hydrogen) atoms. The van der Waals surface area contributed by atoms with Crippen LogP contribution in [0.4, 0.5) is 13.2 Å². The van der Waals surface area contributed by atoms with Crippen LogP contribution in [0, 0.1) is 5.92 Å². The zero-order chi connectivity index (χ0) is 20.9. The van der Waals surface area contributed by atoms with Crippen molar-refractivity contribution in [1.82, 2.24) is 5.32 Å². The molecule has 1 fully saturated rings. The van der Waals surface area contributed by atoms with Gasteiger partial charge in [0.15, 0.2) is 11.5 Å². The average molecular weight is 405 g/mol. The third-order valence-corrected chi connectivity index (χ3v) is 5.31. The topological polar surface area (TPSA) is 30.5 Å². The molecule has 1 aliphatic heterocycles. The summed E-state index contributed by atoms with van der Waals surface area (Å²) in [5.41, 5.74) is 1.18. The molecule has 1 N–H and O–H groups in total. The van der Waals surface area contributed by atoms with Gasteiger partial charge in [-0.1, -0.05) is 30.3 Å². The van der Waals surface area contributed by atoms with E-state index in [1.54, 1.807) is 13.2 Å². The highest BCUT2D eigenvalue weighted by atomic mass is 19.4. The lowest BCUT2D eigenvalue weighted by Crippen LogP contribution is -2.38. The molecule has 6 heteroatoms. The third-order valence-electron chi connectivity index (χ3n) is 5.31. The van der Waals surface area contributed by atoms with Crippen molar-refractivity contribution in [2.75, 3.05) is 26.8 Å². The summed E-state index contributed by atoms with van der Waals surface area (Å²) in [7, 11) is 1.59. The van der Waals surface area contributed by atoms with Crippen LogP contribution < -0.4 is 14.8 Å². The summed E-state index contributed by atoms with van der Waals surface area (Å²) in [6, 6.07) is 11.4. The van der Waals surface area contributed by atoms with Crippen LogP contribution in [-0.4, -0.2) is 26.8 Å². The molecule has 0 aromatic heterocycles. The van der Waals surface area contributed by atoms with Gasteiger partial charge in [0.1, 0.15) is 0 Å². The number of benzene rings is 2. The van der Waals surface area contributed by atoms with Crippen molar-refractivity contribution in [3.8, 4) is 11.5 Å². The van der Waals surface area contributed by atoms with Crippen molar-refractivity contribution < 1.29 is 22.6 Å². The van der Waals surface area contributed by atoms with Gasteiger partial charge in [0.25, 0.3) is 0 Å². The summed E-state index contributed by atoms with van der Waals surface area (Å²) in [6.45, 7) is 5.60. The van der Waals surface area contributed by atoms with Crippen molar-refractivity contribution >= 4 is 0 Å². The first-order valence-electron chi connectivity index (χ1n) is 9.71. The Morgan fingerprint density at radius 3 is 2.72 bits per heavy atom. The number of rotatable bonds is 7. The number of allylic oxidation sites excluding steroid dienone is 1. The van der Waals surface area contributed by atoms with Crippen LogP contribution in [0.2, 0.25) is 0 Å². The lowest BCUT2D eigenvalue weighted by molar-refractivity contribution is -0.137. The van der Waals surface area contributed by atoms with Crippen LogP contribution in [0.15, 0.2) is 55.1 Å². The number of ether oxygens (including phenoxy) is 2. The summed E-state index contributed by atoms with van der Waals surface area (Å²) >= 11 is 0. The molecule has 2 aromatic rings. The Hall–Kier alpha value is -2.47. The molecule has 3 nitrogen and oxygen atoms in total. The van der Waals surface area contributed by atoms with E-state index in [0.717, 1.165) is 31.0 Å². The van der Waals surface area contributed by atoms with Crippen molar-refractivity contribution in [3.63, 3.8) is 0 Å². The van der Waals surface area contributed by atoms with E-state index in [-0.39, 0.29) is 11.8 Å². The molecule has 2 atom stereocenters. The number of piperidine rings is 1. The van der Waals surface area contributed by atoms with Gasteiger partial charge in [0.05, 0.1) is 19.3 Å². The normalized spacial score (nSPS) is 19.6. The van der Waals surface area contributed by atoms with Gasteiger partial charge in [-0.05, 0) is 54.6 Å². The molecule has 1 saturated heterocycles. The number of methoxy groups -OCH3 is 1. The molecule has 2 aromatic carbocycles. The van der Waals surface area contributed by atoms with Gasteiger partial charge in [-0.25, -0.2) is 0 Å². The molecule has 3 rings (SSSR count). The fraction of sp³-hybridized carbons (Fsp3) is 0.391. The Kier molecular flexibility index (Phi) is 6.85. The summed E-state index contributed by atoms with van der Waals surface area (Å²) in [5.74, 6) is 1.34. The third kappa shape index (κ3) is 5.32. The first-order valence-corrected chi connectivity index (χ1v) is 9.71. The van der Waals surface area contributed by atoms with Crippen LogP contribution in [0.3, 0.4) is 0 Å². The maximum absolute atomic E-state index is 13.1. The molecular formula is C23H26F3NO2. The van der Waals surface area contributed by atoms with Crippen molar-refractivity contribution in [2.45, 2.75) is 24.9 Å². The van der Waals surface area contributed by atoms with Crippen molar-refractivity contribution in [2.24, 2.45) is 5.92 Å². The minimum atomic E-state index is -4.34. The van der Waals surface area contributed by atoms with E-state index >= 15 is 0 Å². The highest BCUT2D eigenvalue weighted by molar-refractivity contribution is 5.43. The fourth-order valence-electron chi connectivity index (χ4n) is 3.80. The van der Waals surface area contributed by atoms with E-state index in [0.29, 0.717) is 30.2 Å². The highest BCUT2D eigenvalue weighted by Gasteiger charge is 2.33. The largest absolute Gasteiger partial charge is 0.493 e. The first-order chi connectivity index (χ1) is 13.9. The molecule has 0 spiro atoms. The molecule has 0 amide bonds. The molecule has 0 saturated carbocycles. The highest BCUT2D eigenvalue weighted by Crippen LogP contribution is 2.36. The maximum atomic E-state index is 13.1. The van der Waals surface area contributed by atoms with Gasteiger partial charge in [-0.15, -0.1) is 6.58 Å². The van der Waals surface area contributed by atoms with Crippen LogP contribution in [-0.2, 0) is 12.6 Å². The molecule has 2 unspecified atom stereocenters. The second-order valence-corrected chi connectivity index (χ2v) is 7.27. The zero-order valence-electron chi connectivity index (χ0n) is 16.5. The minimum Gasteiger partial charge on any atom is -0.493 e. The number of alkyl halides is 3. The predicted octanol–water partition coefficient (Wildman–Crippen LogP) is 5.21. The number of halogens is 3. The van der Waals surface area contributed by atoms with Crippen LogP contribution in [0.25, 0.3) is 0 Å². The lowest BCUT2D eigenvalue weighted by atomic mass is 9.81. The average Bonchev–Trinajstić information content (AvgIpc) is 2.72. The molecule has 1 heterocycles. The van der Waals surface area contributed by atoms with Gasteiger partial charge in [0, 0.05) is 12.5 Å². The summed E-state index contributed by atoms with van der Waals surface area (Å²) in [4.78, 5) is 0. The zero-order valence-corrected chi connectivity index (χ0v) is 16.5. The quantitative estimate of drug-likeness (QED) is 0.641. The SMILES string of the molecule is C=CCc1ccc(OCC2CNCCC2c2cccc(C(F)(F)F)c2)c(OC)c1. The fourth-order valence-corrected chi connectivity index (χ4v) is 3.80. The number of hydrogen-bond acceptors (Lipinski definition) is 3. The van der Waals surface area contributed by atoms with Gasteiger partial charge >= 0.3 is 6.18 Å². The molecule has 1 aliphatic rings. The Morgan fingerprint density at radius 1 is 1.17 bits per heavy atom.